The summed E-state index contributed by atoms with van der Waals surface area (Å²) in [5.41, 5.74) is 0.287. The first-order chi connectivity index (χ1) is 14.8. The van der Waals surface area contributed by atoms with E-state index < -0.39 is 21.9 Å². The van der Waals surface area contributed by atoms with E-state index in [1.807, 2.05) is 0 Å². The predicted octanol–water partition coefficient (Wildman–Crippen LogP) is 0.626. The highest BCUT2D eigenvalue weighted by Gasteiger charge is 2.30. The second-order valence-corrected chi connectivity index (χ2v) is 9.53. The lowest BCUT2D eigenvalue weighted by molar-refractivity contribution is -0.137. The summed E-state index contributed by atoms with van der Waals surface area (Å²) in [6.45, 7) is 2.76. The van der Waals surface area contributed by atoms with Crippen molar-refractivity contribution in [1.29, 1.82) is 0 Å². The fourth-order valence-electron chi connectivity index (χ4n) is 3.00. The van der Waals surface area contributed by atoms with Gasteiger partial charge in [-0.3, -0.25) is 14.5 Å². The van der Waals surface area contributed by atoms with Crippen LogP contribution in [-0.4, -0.2) is 80.6 Å². The van der Waals surface area contributed by atoms with E-state index in [-0.39, 0.29) is 48.5 Å². The summed E-state index contributed by atoms with van der Waals surface area (Å²) < 4.78 is 37.0. The Hall–Kier alpha value is -2.41. The van der Waals surface area contributed by atoms with E-state index in [1.54, 1.807) is 13.0 Å². The van der Waals surface area contributed by atoms with E-state index in [2.05, 4.69) is 5.32 Å². The molecule has 2 aliphatic heterocycles. The fraction of sp³-hybridized carbons (Fsp3) is 0.421. The maximum atomic E-state index is 12.8. The van der Waals surface area contributed by atoms with Gasteiger partial charge in [0.15, 0.2) is 0 Å². The number of esters is 1. The summed E-state index contributed by atoms with van der Waals surface area (Å²) in [4.78, 5) is 37.5. The standard InChI is InChI=1S/C19H23N3O7S2/c1-2-29-19(25)11-18-22(17(24)13-30-18)12-16(23)20-14-4-3-5-15(10-14)31(26,27)21-6-8-28-9-7-21/h3-5,10-11H,2,6-9,12-13H2,1H3,(H,20,23)/b18-11-. The number of hydrogen-bond acceptors (Lipinski definition) is 8. The number of amides is 2. The highest BCUT2D eigenvalue weighted by Crippen LogP contribution is 2.28. The number of sulfonamides is 1. The van der Waals surface area contributed by atoms with Crippen molar-refractivity contribution in [2.75, 3.05) is 50.5 Å². The number of anilines is 1. The van der Waals surface area contributed by atoms with Crippen LogP contribution in [0, 0.1) is 0 Å². The highest BCUT2D eigenvalue weighted by atomic mass is 32.2. The van der Waals surface area contributed by atoms with Crippen LogP contribution in [0.2, 0.25) is 0 Å². The van der Waals surface area contributed by atoms with Gasteiger partial charge >= 0.3 is 5.97 Å². The number of hydrogen-bond donors (Lipinski definition) is 1. The molecule has 168 valence electrons. The highest BCUT2D eigenvalue weighted by molar-refractivity contribution is 8.04. The Balaban J connectivity index is 1.68. The van der Waals surface area contributed by atoms with Crippen LogP contribution in [0.4, 0.5) is 5.69 Å². The first kappa shape index (κ1) is 23.3. The minimum atomic E-state index is -3.71. The minimum Gasteiger partial charge on any atom is -0.463 e. The third kappa shape index (κ3) is 5.85. The number of thioether (sulfide) groups is 1. The van der Waals surface area contributed by atoms with Crippen molar-refractivity contribution in [2.24, 2.45) is 0 Å². The molecule has 2 heterocycles. The van der Waals surface area contributed by atoms with Crippen molar-refractivity contribution in [3.05, 3.63) is 35.4 Å². The third-order valence-corrected chi connectivity index (χ3v) is 7.39. The second-order valence-electron chi connectivity index (χ2n) is 6.60. The van der Waals surface area contributed by atoms with Crippen LogP contribution in [0.1, 0.15) is 6.92 Å². The molecule has 2 amide bonds. The molecule has 1 aromatic carbocycles. The van der Waals surface area contributed by atoms with E-state index in [4.69, 9.17) is 9.47 Å². The Morgan fingerprint density at radius 2 is 2.03 bits per heavy atom. The lowest BCUT2D eigenvalue weighted by Crippen LogP contribution is -2.40. The van der Waals surface area contributed by atoms with Gasteiger partial charge in [-0.05, 0) is 25.1 Å². The molecule has 2 fully saturated rings. The third-order valence-electron chi connectivity index (χ3n) is 4.47. The molecule has 0 radical (unpaired) electrons. The van der Waals surface area contributed by atoms with Gasteiger partial charge in [0.05, 0.1) is 41.6 Å². The monoisotopic (exact) mass is 469 g/mol. The molecule has 0 aromatic heterocycles. The van der Waals surface area contributed by atoms with E-state index >= 15 is 0 Å². The smallest absolute Gasteiger partial charge is 0.333 e. The zero-order valence-electron chi connectivity index (χ0n) is 16.9. The van der Waals surface area contributed by atoms with Crippen LogP contribution < -0.4 is 5.32 Å². The van der Waals surface area contributed by atoms with Gasteiger partial charge in [-0.2, -0.15) is 4.31 Å². The van der Waals surface area contributed by atoms with Crippen molar-refractivity contribution in [3.8, 4) is 0 Å². The number of carbonyl (C=O) groups is 3. The number of morpholine rings is 1. The molecule has 0 atom stereocenters. The normalized spacial score (nSPS) is 18.9. The van der Waals surface area contributed by atoms with Crippen molar-refractivity contribution in [1.82, 2.24) is 9.21 Å². The first-order valence-corrected chi connectivity index (χ1v) is 12.0. The molecule has 0 bridgehead atoms. The molecule has 0 unspecified atom stereocenters. The van der Waals surface area contributed by atoms with E-state index in [9.17, 15) is 22.8 Å². The molecule has 12 heteroatoms. The molecule has 0 spiro atoms. The number of benzene rings is 1. The number of ether oxygens (including phenoxy) is 2. The molecular weight excluding hydrogens is 446 g/mol. The molecule has 31 heavy (non-hydrogen) atoms. The van der Waals surface area contributed by atoms with Crippen LogP contribution in [0.15, 0.2) is 40.3 Å². The Morgan fingerprint density at radius 1 is 1.29 bits per heavy atom. The fourth-order valence-corrected chi connectivity index (χ4v) is 5.38. The maximum absolute atomic E-state index is 12.8. The number of nitrogens with one attached hydrogen (secondary N) is 1. The van der Waals surface area contributed by atoms with Crippen LogP contribution in [0.25, 0.3) is 0 Å². The van der Waals surface area contributed by atoms with Gasteiger partial charge in [-0.25, -0.2) is 13.2 Å². The van der Waals surface area contributed by atoms with Crippen LogP contribution in [0.3, 0.4) is 0 Å². The molecule has 3 rings (SSSR count). The van der Waals surface area contributed by atoms with Gasteiger partial charge in [-0.15, -0.1) is 0 Å². The number of rotatable bonds is 7. The Labute approximate surface area is 184 Å². The Morgan fingerprint density at radius 3 is 2.74 bits per heavy atom. The van der Waals surface area contributed by atoms with Gasteiger partial charge in [-0.1, -0.05) is 17.8 Å². The molecule has 10 nitrogen and oxygen atoms in total. The summed E-state index contributed by atoms with van der Waals surface area (Å²) in [5.74, 6) is -1.30. The van der Waals surface area contributed by atoms with Gasteiger partial charge in [0.1, 0.15) is 6.54 Å². The first-order valence-electron chi connectivity index (χ1n) is 9.60. The van der Waals surface area contributed by atoms with Gasteiger partial charge in [0.25, 0.3) is 0 Å². The zero-order chi connectivity index (χ0) is 22.4. The van der Waals surface area contributed by atoms with Gasteiger partial charge < -0.3 is 14.8 Å². The van der Waals surface area contributed by atoms with E-state index in [1.165, 1.54) is 33.5 Å². The molecule has 0 aliphatic carbocycles. The molecule has 2 saturated heterocycles. The second kappa shape index (κ2) is 10.3. The summed E-state index contributed by atoms with van der Waals surface area (Å²) in [7, 11) is -3.71. The summed E-state index contributed by atoms with van der Waals surface area (Å²) >= 11 is 1.14. The Bertz CT molecular complexity index is 988. The lowest BCUT2D eigenvalue weighted by Gasteiger charge is -2.26. The topological polar surface area (TPSA) is 122 Å². The summed E-state index contributed by atoms with van der Waals surface area (Å²) in [5, 5.41) is 2.95. The molecule has 1 N–H and O–H groups in total. The molecule has 2 aliphatic rings. The Kier molecular flexibility index (Phi) is 7.70. The van der Waals surface area contributed by atoms with Crippen LogP contribution in [-0.2, 0) is 33.9 Å². The van der Waals surface area contributed by atoms with Crippen LogP contribution >= 0.6 is 11.8 Å². The zero-order valence-corrected chi connectivity index (χ0v) is 18.5. The number of nitrogens with zero attached hydrogens (tertiary/aromatic N) is 2. The summed E-state index contributed by atoms with van der Waals surface area (Å²) in [6.07, 6.45) is 1.18. The number of carbonyl (C=O) groups excluding carboxylic acids is 3. The van der Waals surface area contributed by atoms with Crippen molar-refractivity contribution < 1.29 is 32.3 Å². The van der Waals surface area contributed by atoms with Crippen molar-refractivity contribution in [2.45, 2.75) is 11.8 Å². The molecule has 1 aromatic rings. The van der Waals surface area contributed by atoms with Crippen LogP contribution in [0.5, 0.6) is 0 Å². The lowest BCUT2D eigenvalue weighted by atomic mass is 10.3. The maximum Gasteiger partial charge on any atom is 0.333 e. The van der Waals surface area contributed by atoms with E-state index in [0.29, 0.717) is 18.2 Å². The van der Waals surface area contributed by atoms with Crippen molar-refractivity contribution >= 4 is 45.3 Å². The summed E-state index contributed by atoms with van der Waals surface area (Å²) in [6, 6.07) is 5.93. The molecular formula is C19H23N3O7S2. The van der Waals surface area contributed by atoms with Gasteiger partial charge in [0.2, 0.25) is 21.8 Å². The minimum absolute atomic E-state index is 0.0582. The molecule has 0 saturated carbocycles. The van der Waals surface area contributed by atoms with Gasteiger partial charge in [0, 0.05) is 18.8 Å². The average molecular weight is 470 g/mol. The predicted molar refractivity (Wildman–Crippen MR) is 114 cm³/mol. The largest absolute Gasteiger partial charge is 0.463 e. The quantitative estimate of drug-likeness (QED) is 0.456. The average Bonchev–Trinajstić information content (AvgIpc) is 3.08. The SMILES string of the molecule is CCOC(=O)/C=C1\SCC(=O)N1CC(=O)Nc1cccc(S(=O)(=O)N2CCOCC2)c1. The van der Waals surface area contributed by atoms with E-state index in [0.717, 1.165) is 11.8 Å². The van der Waals surface area contributed by atoms with Crippen molar-refractivity contribution in [3.63, 3.8) is 0 Å².